The highest BCUT2D eigenvalue weighted by Gasteiger charge is 2.21. The number of hydrogen-bond donors (Lipinski definition) is 1. The van der Waals surface area contributed by atoms with E-state index in [9.17, 15) is 14.7 Å². The van der Waals surface area contributed by atoms with Crippen LogP contribution in [0.15, 0.2) is 53.5 Å². The fraction of sp³-hybridized carbons (Fsp3) is 0.250. The minimum atomic E-state index is -0.945. The van der Waals surface area contributed by atoms with Gasteiger partial charge in [-0.05, 0) is 36.2 Å². The van der Waals surface area contributed by atoms with E-state index < -0.39 is 17.9 Å². The van der Waals surface area contributed by atoms with Gasteiger partial charge in [-0.15, -0.1) is 0 Å². The molecule has 0 saturated heterocycles. The van der Waals surface area contributed by atoms with Gasteiger partial charge in [0.1, 0.15) is 6.04 Å². The Hall–Kier alpha value is -2.77. The predicted octanol–water partition coefficient (Wildman–Crippen LogP) is 3.63. The van der Waals surface area contributed by atoms with Gasteiger partial charge in [-0.2, -0.15) is 4.99 Å². The van der Waals surface area contributed by atoms with Gasteiger partial charge in [0, 0.05) is 12.7 Å². The van der Waals surface area contributed by atoms with Crippen LogP contribution >= 0.6 is 11.3 Å². The van der Waals surface area contributed by atoms with E-state index in [-0.39, 0.29) is 0 Å². The Labute approximate surface area is 160 Å². The number of amides is 1. The summed E-state index contributed by atoms with van der Waals surface area (Å²) in [4.78, 5) is 29.0. The summed E-state index contributed by atoms with van der Waals surface area (Å²) in [7, 11) is 1.61. The van der Waals surface area contributed by atoms with Crippen LogP contribution in [-0.4, -0.2) is 28.7 Å². The number of hydrogen-bond acceptors (Lipinski definition) is 4. The molecule has 1 amide bonds. The predicted molar refractivity (Wildman–Crippen MR) is 104 cm³/mol. The van der Waals surface area contributed by atoms with Gasteiger partial charge in [0.15, 0.2) is 4.80 Å². The average Bonchev–Trinajstić information content (AvgIpc) is 3.01. The Bertz CT molecular complexity index is 1030. The summed E-state index contributed by atoms with van der Waals surface area (Å²) in [5, 5.41) is 9.61. The minimum absolute atomic E-state index is 0.386. The van der Waals surface area contributed by atoms with Crippen LogP contribution in [0, 0.1) is 0 Å². The fourth-order valence-corrected chi connectivity index (χ4v) is 3.97. The number of carboxylic acids is 1. The number of benzene rings is 2. The molecule has 140 valence electrons. The Morgan fingerprint density at radius 2 is 1.89 bits per heavy atom. The maximum Gasteiger partial charge on any atom is 0.326 e. The highest BCUT2D eigenvalue weighted by Crippen LogP contribution is 2.22. The maximum absolute atomic E-state index is 12.6. The molecule has 0 aliphatic rings. The Morgan fingerprint density at radius 3 is 2.52 bits per heavy atom. The Morgan fingerprint density at radius 1 is 1.19 bits per heavy atom. The lowest BCUT2D eigenvalue weighted by Gasteiger charge is -2.13. The minimum Gasteiger partial charge on any atom is -0.480 e. The second-order valence-electron chi connectivity index (χ2n) is 6.03. The first-order valence-electron chi connectivity index (χ1n) is 8.55. The van der Waals surface area contributed by atoms with Gasteiger partial charge in [0.2, 0.25) is 0 Å². The molecule has 0 aliphatic heterocycles. The third-order valence-electron chi connectivity index (χ3n) is 4.22. The second-order valence-corrected chi connectivity index (χ2v) is 7.04. The van der Waals surface area contributed by atoms with Crippen LogP contribution < -0.4 is 4.80 Å². The van der Waals surface area contributed by atoms with Gasteiger partial charge in [-0.1, -0.05) is 42.5 Å². The third-order valence-corrected chi connectivity index (χ3v) is 5.26. The number of aromatic nitrogens is 1. The van der Waals surface area contributed by atoms with Crippen molar-refractivity contribution < 1.29 is 19.4 Å². The number of nitrogens with zero attached hydrogens (tertiary/aromatic N) is 2. The molecule has 3 rings (SSSR count). The molecule has 6 nitrogen and oxygen atoms in total. The molecular weight excluding hydrogens is 364 g/mol. The average molecular weight is 384 g/mol. The van der Waals surface area contributed by atoms with Crippen molar-refractivity contribution >= 4 is 33.4 Å². The van der Waals surface area contributed by atoms with Gasteiger partial charge in [0.05, 0.1) is 16.8 Å². The molecule has 1 unspecified atom stereocenters. The van der Waals surface area contributed by atoms with Crippen LogP contribution in [0.2, 0.25) is 0 Å². The zero-order valence-corrected chi connectivity index (χ0v) is 15.9. The molecule has 0 fully saturated rings. The molecule has 0 aliphatic carbocycles. The van der Waals surface area contributed by atoms with Crippen LogP contribution in [0.5, 0.6) is 0 Å². The normalized spacial score (nSPS) is 13.0. The van der Waals surface area contributed by atoms with Crippen LogP contribution in [0.4, 0.5) is 0 Å². The number of thiazole rings is 1. The zero-order valence-electron chi connectivity index (χ0n) is 15.1. The molecule has 1 heterocycles. The van der Waals surface area contributed by atoms with Crippen molar-refractivity contribution in [2.75, 3.05) is 7.11 Å². The monoisotopic (exact) mass is 384 g/mol. The summed E-state index contributed by atoms with van der Waals surface area (Å²) in [5.74, 6) is -1.35. The number of carboxylic acid groups (broad SMARTS) is 1. The maximum atomic E-state index is 12.6. The molecule has 2 aromatic carbocycles. The first-order valence-corrected chi connectivity index (χ1v) is 9.36. The molecule has 0 spiro atoms. The van der Waals surface area contributed by atoms with Gasteiger partial charge >= 0.3 is 5.97 Å². The van der Waals surface area contributed by atoms with E-state index in [0.29, 0.717) is 23.4 Å². The molecule has 0 saturated carbocycles. The fourth-order valence-electron chi connectivity index (χ4n) is 2.90. The van der Waals surface area contributed by atoms with Crippen LogP contribution in [0.1, 0.15) is 35.3 Å². The molecule has 1 N–H and O–H groups in total. The van der Waals surface area contributed by atoms with Gasteiger partial charge < -0.3 is 14.4 Å². The highest BCUT2D eigenvalue weighted by molar-refractivity contribution is 7.16. The number of ether oxygens (including phenoxy) is 1. The standard InChI is InChI=1S/C20H20N2O4S/c1-3-15(19(24)25)22-16-6-4-5-7-17(16)27-20(22)21-18(23)14-10-8-13(9-11-14)12-26-2/h4-11,15H,3,12H2,1-2H3,(H,24,25). The largest absolute Gasteiger partial charge is 0.480 e. The first kappa shape index (κ1) is 19.0. The molecule has 1 aromatic heterocycles. The summed E-state index contributed by atoms with van der Waals surface area (Å²) in [6.07, 6.45) is 0.392. The van der Waals surface area contributed by atoms with Crippen molar-refractivity contribution in [1.82, 2.24) is 4.57 Å². The number of para-hydroxylation sites is 1. The lowest BCUT2D eigenvalue weighted by atomic mass is 10.1. The van der Waals surface area contributed by atoms with Gasteiger partial charge in [-0.25, -0.2) is 4.79 Å². The van der Waals surface area contributed by atoms with Crippen molar-refractivity contribution in [3.63, 3.8) is 0 Å². The lowest BCUT2D eigenvalue weighted by molar-refractivity contribution is -0.140. The number of rotatable bonds is 6. The summed E-state index contributed by atoms with van der Waals surface area (Å²) in [6, 6.07) is 13.7. The topological polar surface area (TPSA) is 80.9 Å². The van der Waals surface area contributed by atoms with Crippen molar-refractivity contribution in [2.24, 2.45) is 4.99 Å². The first-order chi connectivity index (χ1) is 13.0. The highest BCUT2D eigenvalue weighted by atomic mass is 32.1. The van der Waals surface area contributed by atoms with E-state index in [1.165, 1.54) is 11.3 Å². The van der Waals surface area contributed by atoms with Crippen molar-refractivity contribution in [3.05, 3.63) is 64.5 Å². The number of fused-ring (bicyclic) bond motifs is 1. The van der Waals surface area contributed by atoms with E-state index in [0.717, 1.165) is 15.8 Å². The van der Waals surface area contributed by atoms with E-state index in [1.54, 1.807) is 30.7 Å². The number of methoxy groups -OCH3 is 1. The quantitative estimate of drug-likeness (QED) is 0.704. The summed E-state index contributed by atoms with van der Waals surface area (Å²) in [6.45, 7) is 2.27. The van der Waals surface area contributed by atoms with Crippen molar-refractivity contribution in [2.45, 2.75) is 26.0 Å². The Kier molecular flexibility index (Phi) is 5.83. The lowest BCUT2D eigenvalue weighted by Crippen LogP contribution is -2.27. The molecular formula is C20H20N2O4S. The molecule has 7 heteroatoms. The number of aliphatic carboxylic acids is 1. The summed E-state index contributed by atoms with van der Waals surface area (Å²) in [5.41, 5.74) is 2.17. The van der Waals surface area contributed by atoms with E-state index in [4.69, 9.17) is 4.74 Å². The SMILES string of the molecule is CCC(C(=O)O)n1c(=NC(=O)c2ccc(COC)cc2)sc2ccccc21. The zero-order chi connectivity index (χ0) is 19.4. The summed E-state index contributed by atoms with van der Waals surface area (Å²) < 4.78 is 7.60. The van der Waals surface area contributed by atoms with Gasteiger partial charge in [-0.3, -0.25) is 4.79 Å². The van der Waals surface area contributed by atoms with Crippen LogP contribution in [0.25, 0.3) is 10.2 Å². The van der Waals surface area contributed by atoms with E-state index in [1.807, 2.05) is 36.4 Å². The molecule has 27 heavy (non-hydrogen) atoms. The molecule has 3 aromatic rings. The van der Waals surface area contributed by atoms with Crippen LogP contribution in [-0.2, 0) is 16.1 Å². The molecule has 0 bridgehead atoms. The molecule has 1 atom stereocenters. The van der Waals surface area contributed by atoms with E-state index in [2.05, 4.69) is 4.99 Å². The summed E-state index contributed by atoms with van der Waals surface area (Å²) >= 11 is 1.31. The van der Waals surface area contributed by atoms with E-state index >= 15 is 0 Å². The molecule has 0 radical (unpaired) electrons. The van der Waals surface area contributed by atoms with Crippen molar-refractivity contribution in [1.29, 1.82) is 0 Å². The number of carbonyl (C=O) groups excluding carboxylic acids is 1. The smallest absolute Gasteiger partial charge is 0.326 e. The Balaban J connectivity index is 2.09. The third kappa shape index (κ3) is 3.99. The number of carbonyl (C=O) groups is 2. The van der Waals surface area contributed by atoms with Crippen LogP contribution in [0.3, 0.4) is 0 Å². The second kappa shape index (κ2) is 8.28. The van der Waals surface area contributed by atoms with Crippen molar-refractivity contribution in [3.8, 4) is 0 Å². The van der Waals surface area contributed by atoms with Gasteiger partial charge in [0.25, 0.3) is 5.91 Å².